The lowest BCUT2D eigenvalue weighted by atomic mass is 9.84. The molecule has 2 aliphatic rings. The summed E-state index contributed by atoms with van der Waals surface area (Å²) in [5.74, 6) is 3.10. The van der Waals surface area contributed by atoms with Crippen LogP contribution in [0.4, 0.5) is 0 Å². The highest BCUT2D eigenvalue weighted by Crippen LogP contribution is 2.55. The molecule has 0 amide bonds. The van der Waals surface area contributed by atoms with Crippen molar-refractivity contribution in [3.05, 3.63) is 106 Å². The van der Waals surface area contributed by atoms with Crippen molar-refractivity contribution < 1.29 is 9.47 Å². The third kappa shape index (κ3) is 3.53. The van der Waals surface area contributed by atoms with E-state index in [-0.39, 0.29) is 0 Å². The Kier molecular flexibility index (Phi) is 5.23. The zero-order valence-corrected chi connectivity index (χ0v) is 22.3. The van der Waals surface area contributed by atoms with Crippen molar-refractivity contribution in [1.29, 1.82) is 0 Å². The van der Waals surface area contributed by atoms with Gasteiger partial charge in [0.2, 0.25) is 0 Å². The van der Waals surface area contributed by atoms with E-state index in [1.165, 1.54) is 33.4 Å². The highest BCUT2D eigenvalue weighted by atomic mass is 16.5. The topological polar surface area (TPSA) is 18.5 Å². The molecule has 2 aliphatic heterocycles. The lowest BCUT2D eigenvalue weighted by molar-refractivity contribution is 0.115. The molecule has 2 heterocycles. The summed E-state index contributed by atoms with van der Waals surface area (Å²) in [5.41, 5.74) is 7.00. The van der Waals surface area contributed by atoms with Gasteiger partial charge in [-0.05, 0) is 47.9 Å². The molecule has 184 valence electrons. The van der Waals surface area contributed by atoms with Crippen LogP contribution in [0.15, 0.2) is 72.8 Å². The van der Waals surface area contributed by atoms with Crippen molar-refractivity contribution in [3.63, 3.8) is 0 Å². The van der Waals surface area contributed by atoms with Crippen LogP contribution in [0.1, 0.15) is 86.8 Å². The van der Waals surface area contributed by atoms with E-state index in [9.17, 15) is 0 Å². The molecule has 0 saturated carbocycles. The molecule has 6 rings (SSSR count). The summed E-state index contributed by atoms with van der Waals surface area (Å²) in [6, 6.07) is 26.6. The van der Waals surface area contributed by atoms with E-state index < -0.39 is 11.2 Å². The third-order valence-corrected chi connectivity index (χ3v) is 8.39. The maximum atomic E-state index is 6.88. The van der Waals surface area contributed by atoms with Gasteiger partial charge < -0.3 is 9.47 Å². The van der Waals surface area contributed by atoms with Crippen molar-refractivity contribution in [2.75, 3.05) is 0 Å². The van der Waals surface area contributed by atoms with Crippen LogP contribution in [0.2, 0.25) is 0 Å². The van der Waals surface area contributed by atoms with Crippen molar-refractivity contribution in [1.82, 2.24) is 0 Å². The van der Waals surface area contributed by atoms with Gasteiger partial charge in [-0.25, -0.2) is 0 Å². The van der Waals surface area contributed by atoms with Gasteiger partial charge in [0.15, 0.2) is 0 Å². The molecular weight excluding hydrogens is 440 g/mol. The summed E-state index contributed by atoms with van der Waals surface area (Å²) in [6.45, 7) is 13.4. The molecule has 4 aromatic rings. The minimum atomic E-state index is -0.395. The average molecular weight is 477 g/mol. The molecule has 0 unspecified atom stereocenters. The summed E-state index contributed by atoms with van der Waals surface area (Å²) in [7, 11) is 0. The molecule has 0 N–H and O–H groups in total. The van der Waals surface area contributed by atoms with E-state index in [2.05, 4.69) is 114 Å². The van der Waals surface area contributed by atoms with Gasteiger partial charge in [0, 0.05) is 34.7 Å². The van der Waals surface area contributed by atoms with Crippen LogP contribution < -0.4 is 9.47 Å². The summed E-state index contributed by atoms with van der Waals surface area (Å²) in [5, 5.41) is 2.29. The zero-order chi connectivity index (χ0) is 25.2. The second-order valence-electron chi connectivity index (χ2n) is 11.7. The van der Waals surface area contributed by atoms with Gasteiger partial charge in [-0.3, -0.25) is 0 Å². The first-order chi connectivity index (χ1) is 17.2. The number of ether oxygens (including phenoxy) is 2. The Balaban J connectivity index is 1.43. The largest absolute Gasteiger partial charge is 0.482 e. The van der Waals surface area contributed by atoms with Crippen LogP contribution in [0.3, 0.4) is 0 Å². The van der Waals surface area contributed by atoms with Gasteiger partial charge in [0.1, 0.15) is 22.7 Å². The van der Waals surface area contributed by atoms with Crippen molar-refractivity contribution >= 4 is 10.8 Å². The molecule has 4 aromatic carbocycles. The first-order valence-electron chi connectivity index (χ1n) is 13.3. The maximum absolute atomic E-state index is 6.88. The maximum Gasteiger partial charge on any atom is 0.135 e. The van der Waals surface area contributed by atoms with Crippen molar-refractivity contribution in [2.24, 2.45) is 0 Å². The molecule has 2 heteroatoms. The Labute approximate surface area is 215 Å². The monoisotopic (exact) mass is 476 g/mol. The second kappa shape index (κ2) is 8.13. The van der Waals surface area contributed by atoms with Crippen LogP contribution in [0, 0.1) is 0 Å². The number of hydrogen-bond donors (Lipinski definition) is 0. The van der Waals surface area contributed by atoms with Crippen LogP contribution in [0.5, 0.6) is 11.5 Å². The van der Waals surface area contributed by atoms with Crippen LogP contribution >= 0.6 is 0 Å². The molecule has 2 atom stereocenters. The standard InChI is InChI=1S/C34H36O2/c1-21(2)23-11-15-25(16-12-23)33(5)19-29-30-20-34(6,26-17-13-24(14-18-26)22(3)4)36-32(30)28-10-8-7-9-27(28)31(29)35-33/h7-18,21-22H,19-20H2,1-6H3/t33-,34+. The van der Waals surface area contributed by atoms with Crippen molar-refractivity contribution in [3.8, 4) is 11.5 Å². The molecule has 0 fully saturated rings. The Morgan fingerprint density at radius 2 is 0.917 bits per heavy atom. The fourth-order valence-corrected chi connectivity index (χ4v) is 6.05. The molecule has 0 aliphatic carbocycles. The summed E-state index contributed by atoms with van der Waals surface area (Å²) in [6.07, 6.45) is 1.70. The van der Waals surface area contributed by atoms with Crippen LogP contribution in [-0.4, -0.2) is 0 Å². The lowest BCUT2D eigenvalue weighted by Crippen LogP contribution is -2.28. The van der Waals surface area contributed by atoms with E-state index in [0.29, 0.717) is 11.8 Å². The van der Waals surface area contributed by atoms with Crippen LogP contribution in [-0.2, 0) is 24.0 Å². The van der Waals surface area contributed by atoms with Crippen LogP contribution in [0.25, 0.3) is 10.8 Å². The van der Waals surface area contributed by atoms with E-state index >= 15 is 0 Å². The Hall–Kier alpha value is -3.26. The predicted octanol–water partition coefficient (Wildman–Crippen LogP) is 8.79. The number of rotatable bonds is 4. The van der Waals surface area contributed by atoms with Gasteiger partial charge in [0.25, 0.3) is 0 Å². The quantitative estimate of drug-likeness (QED) is 0.293. The van der Waals surface area contributed by atoms with E-state index in [4.69, 9.17) is 9.47 Å². The molecule has 0 radical (unpaired) electrons. The van der Waals surface area contributed by atoms with Gasteiger partial charge in [-0.15, -0.1) is 0 Å². The van der Waals surface area contributed by atoms with Gasteiger partial charge in [0.05, 0.1) is 0 Å². The summed E-state index contributed by atoms with van der Waals surface area (Å²) >= 11 is 0. The average Bonchev–Trinajstić information content (AvgIpc) is 3.43. The molecule has 0 bridgehead atoms. The molecule has 0 spiro atoms. The van der Waals surface area contributed by atoms with Crippen molar-refractivity contribution in [2.45, 2.75) is 77.4 Å². The zero-order valence-electron chi connectivity index (χ0n) is 22.3. The normalized spacial score (nSPS) is 22.6. The third-order valence-electron chi connectivity index (χ3n) is 8.39. The predicted molar refractivity (Wildman–Crippen MR) is 148 cm³/mol. The fourth-order valence-electron chi connectivity index (χ4n) is 6.05. The van der Waals surface area contributed by atoms with Gasteiger partial charge in [-0.2, -0.15) is 0 Å². The van der Waals surface area contributed by atoms with E-state index in [1.807, 2.05) is 0 Å². The molecule has 2 nitrogen and oxygen atoms in total. The fraction of sp³-hybridized carbons (Fsp3) is 0.353. The SMILES string of the molecule is CC(C)c1ccc([C@@]2(C)Cc3c4c(c5ccccc5c3O2)O[C@](C)(c2ccc(C(C)C)cc2)C4)cc1. The van der Waals surface area contributed by atoms with Gasteiger partial charge in [-0.1, -0.05) is 100 Å². The number of fused-ring (bicyclic) bond motifs is 6. The second-order valence-corrected chi connectivity index (χ2v) is 11.7. The summed E-state index contributed by atoms with van der Waals surface area (Å²) in [4.78, 5) is 0. The Morgan fingerprint density at radius 3 is 1.25 bits per heavy atom. The number of benzene rings is 4. The van der Waals surface area contributed by atoms with E-state index in [0.717, 1.165) is 35.1 Å². The summed E-state index contributed by atoms with van der Waals surface area (Å²) < 4.78 is 13.8. The minimum Gasteiger partial charge on any atom is -0.482 e. The molecule has 36 heavy (non-hydrogen) atoms. The molecule has 0 saturated heterocycles. The lowest BCUT2D eigenvalue weighted by Gasteiger charge is -2.26. The molecular formula is C34H36O2. The first-order valence-corrected chi connectivity index (χ1v) is 13.3. The minimum absolute atomic E-state index is 0.395. The van der Waals surface area contributed by atoms with Gasteiger partial charge >= 0.3 is 0 Å². The molecule has 0 aromatic heterocycles. The van der Waals surface area contributed by atoms with E-state index in [1.54, 1.807) is 0 Å². The Bertz CT molecular complexity index is 1330. The first kappa shape index (κ1) is 23.2. The number of hydrogen-bond acceptors (Lipinski definition) is 2. The smallest absolute Gasteiger partial charge is 0.135 e. The Morgan fingerprint density at radius 1 is 0.556 bits per heavy atom. The highest BCUT2D eigenvalue weighted by Gasteiger charge is 2.45. The highest BCUT2D eigenvalue weighted by molar-refractivity contribution is 5.97.